The molecule has 2 aliphatic heterocycles. The standard InChI is InChI=1S/C14H17NO2S/c1-15-8-7-12(13(16)17-2)14(15)11-6-4-3-5-10(11)9-18-14/h3-6,12H,7-9H2,1-2H3/t12?,14-/m1/s1. The maximum absolute atomic E-state index is 12.1. The number of carbonyl (C=O) groups excluding carboxylic acids is 1. The summed E-state index contributed by atoms with van der Waals surface area (Å²) in [5.41, 5.74) is 2.65. The van der Waals surface area contributed by atoms with Crippen LogP contribution in [0.5, 0.6) is 0 Å². The van der Waals surface area contributed by atoms with Gasteiger partial charge in [-0.05, 0) is 24.6 Å². The number of carbonyl (C=O) groups is 1. The molecular formula is C14H17NO2S. The van der Waals surface area contributed by atoms with Crippen LogP contribution in [0.4, 0.5) is 0 Å². The fourth-order valence-electron chi connectivity index (χ4n) is 3.24. The van der Waals surface area contributed by atoms with Crippen LogP contribution in [0.2, 0.25) is 0 Å². The van der Waals surface area contributed by atoms with Gasteiger partial charge in [0, 0.05) is 12.3 Å². The van der Waals surface area contributed by atoms with Gasteiger partial charge in [0.15, 0.2) is 0 Å². The van der Waals surface area contributed by atoms with Crippen LogP contribution < -0.4 is 0 Å². The highest BCUT2D eigenvalue weighted by Crippen LogP contribution is 2.57. The van der Waals surface area contributed by atoms with E-state index >= 15 is 0 Å². The lowest BCUT2D eigenvalue weighted by molar-refractivity contribution is -0.146. The lowest BCUT2D eigenvalue weighted by Crippen LogP contribution is -2.41. The number of ether oxygens (including phenoxy) is 1. The number of thioether (sulfide) groups is 1. The van der Waals surface area contributed by atoms with Gasteiger partial charge in [-0.15, -0.1) is 11.8 Å². The molecule has 1 spiro atoms. The summed E-state index contributed by atoms with van der Waals surface area (Å²) >= 11 is 1.87. The second-order valence-corrected chi connectivity index (χ2v) is 6.13. The van der Waals surface area contributed by atoms with E-state index in [4.69, 9.17) is 4.74 Å². The molecule has 2 aliphatic rings. The fourth-order valence-corrected chi connectivity index (χ4v) is 4.94. The first kappa shape index (κ1) is 12.1. The van der Waals surface area contributed by atoms with Crippen LogP contribution in [0.1, 0.15) is 17.5 Å². The van der Waals surface area contributed by atoms with Gasteiger partial charge >= 0.3 is 5.97 Å². The topological polar surface area (TPSA) is 29.5 Å². The average molecular weight is 263 g/mol. The number of likely N-dealkylation sites (tertiary alicyclic amines) is 1. The summed E-state index contributed by atoms with van der Waals surface area (Å²) in [5.74, 6) is 0.846. The SMILES string of the molecule is COC(=O)C1CCN(C)[C@]12SCc1ccccc12. The Bertz CT molecular complexity index is 490. The van der Waals surface area contributed by atoms with Crippen LogP contribution in [0.15, 0.2) is 24.3 Å². The zero-order valence-electron chi connectivity index (χ0n) is 10.7. The van der Waals surface area contributed by atoms with Crippen molar-refractivity contribution < 1.29 is 9.53 Å². The molecule has 0 N–H and O–H groups in total. The molecule has 0 bridgehead atoms. The predicted molar refractivity (Wildman–Crippen MR) is 72.2 cm³/mol. The van der Waals surface area contributed by atoms with Crippen molar-refractivity contribution in [3.05, 3.63) is 35.4 Å². The maximum Gasteiger partial charge on any atom is 0.311 e. The maximum atomic E-state index is 12.1. The summed E-state index contributed by atoms with van der Waals surface area (Å²) in [5, 5.41) is 0. The molecule has 1 unspecified atom stereocenters. The highest BCUT2D eigenvalue weighted by Gasteiger charge is 2.55. The number of benzene rings is 1. The number of hydrogen-bond acceptors (Lipinski definition) is 4. The van der Waals surface area contributed by atoms with Crippen LogP contribution in [-0.2, 0) is 20.2 Å². The van der Waals surface area contributed by atoms with Gasteiger partial charge in [-0.1, -0.05) is 24.3 Å². The van der Waals surface area contributed by atoms with Crippen molar-refractivity contribution in [3.63, 3.8) is 0 Å². The third-order valence-corrected chi connectivity index (χ3v) is 5.84. The Labute approximate surface area is 111 Å². The number of hydrogen-bond donors (Lipinski definition) is 0. The van der Waals surface area contributed by atoms with Gasteiger partial charge in [0.2, 0.25) is 0 Å². The Morgan fingerprint density at radius 2 is 2.28 bits per heavy atom. The normalized spacial score (nSPS) is 30.7. The largest absolute Gasteiger partial charge is 0.469 e. The third kappa shape index (κ3) is 1.45. The molecule has 0 aromatic heterocycles. The number of nitrogens with zero attached hydrogens (tertiary/aromatic N) is 1. The molecule has 0 amide bonds. The first-order valence-corrected chi connectivity index (χ1v) is 7.20. The Hall–Kier alpha value is -1.00. The first-order valence-electron chi connectivity index (χ1n) is 6.21. The summed E-state index contributed by atoms with van der Waals surface area (Å²) in [6, 6.07) is 8.46. The van der Waals surface area contributed by atoms with Crippen LogP contribution in [0.3, 0.4) is 0 Å². The van der Waals surface area contributed by atoms with Gasteiger partial charge in [0.05, 0.1) is 13.0 Å². The van der Waals surface area contributed by atoms with Crippen molar-refractivity contribution in [3.8, 4) is 0 Å². The second-order valence-electron chi connectivity index (χ2n) is 4.93. The zero-order valence-corrected chi connectivity index (χ0v) is 11.5. The van der Waals surface area contributed by atoms with Crippen LogP contribution in [0, 0.1) is 5.92 Å². The number of esters is 1. The molecule has 0 radical (unpaired) electrons. The van der Waals surface area contributed by atoms with E-state index in [9.17, 15) is 4.79 Å². The van der Waals surface area contributed by atoms with Crippen molar-refractivity contribution in [1.29, 1.82) is 0 Å². The van der Waals surface area contributed by atoms with Crippen molar-refractivity contribution in [2.45, 2.75) is 17.0 Å². The summed E-state index contributed by atoms with van der Waals surface area (Å²) in [4.78, 5) is 14.2. The minimum atomic E-state index is -0.205. The number of methoxy groups -OCH3 is 1. The number of rotatable bonds is 1. The minimum Gasteiger partial charge on any atom is -0.469 e. The van der Waals surface area contributed by atoms with Gasteiger partial charge in [0.1, 0.15) is 4.87 Å². The van der Waals surface area contributed by atoms with Gasteiger partial charge < -0.3 is 4.74 Å². The van der Waals surface area contributed by atoms with Crippen molar-refractivity contribution in [1.82, 2.24) is 4.90 Å². The summed E-state index contributed by atoms with van der Waals surface area (Å²) < 4.78 is 5.01. The molecule has 0 aliphatic carbocycles. The summed E-state index contributed by atoms with van der Waals surface area (Å²) in [6.07, 6.45) is 0.879. The molecule has 1 aromatic carbocycles. The molecule has 1 saturated heterocycles. The molecule has 1 fully saturated rings. The predicted octanol–water partition coefficient (Wildman–Crippen LogP) is 2.21. The van der Waals surface area contributed by atoms with Gasteiger partial charge in [-0.25, -0.2) is 0 Å². The van der Waals surface area contributed by atoms with E-state index in [1.165, 1.54) is 18.2 Å². The highest BCUT2D eigenvalue weighted by molar-refractivity contribution is 7.99. The van der Waals surface area contributed by atoms with E-state index in [0.29, 0.717) is 0 Å². The molecule has 2 heterocycles. The molecule has 1 aromatic rings. The molecule has 0 saturated carbocycles. The zero-order chi connectivity index (χ0) is 12.8. The van der Waals surface area contributed by atoms with Gasteiger partial charge in [-0.3, -0.25) is 9.69 Å². The van der Waals surface area contributed by atoms with Crippen molar-refractivity contribution in [2.75, 3.05) is 20.7 Å². The Morgan fingerprint density at radius 1 is 1.50 bits per heavy atom. The molecule has 3 nitrogen and oxygen atoms in total. The lowest BCUT2D eigenvalue weighted by atomic mass is 9.90. The lowest BCUT2D eigenvalue weighted by Gasteiger charge is -2.36. The van der Waals surface area contributed by atoms with E-state index < -0.39 is 0 Å². The number of fused-ring (bicyclic) bond motifs is 2. The van der Waals surface area contributed by atoms with E-state index in [2.05, 4.69) is 36.2 Å². The molecule has 4 heteroatoms. The molecule has 2 atom stereocenters. The molecule has 3 rings (SSSR count). The smallest absolute Gasteiger partial charge is 0.311 e. The fraction of sp³-hybridized carbons (Fsp3) is 0.500. The van der Waals surface area contributed by atoms with Crippen molar-refractivity contribution >= 4 is 17.7 Å². The molecule has 96 valence electrons. The van der Waals surface area contributed by atoms with Gasteiger partial charge in [-0.2, -0.15) is 0 Å². The summed E-state index contributed by atoms with van der Waals surface area (Å²) in [6.45, 7) is 0.946. The van der Waals surface area contributed by atoms with E-state index in [1.807, 2.05) is 11.8 Å². The minimum absolute atomic E-state index is 0.0545. The molecule has 18 heavy (non-hydrogen) atoms. The van der Waals surface area contributed by atoms with Crippen molar-refractivity contribution in [2.24, 2.45) is 5.92 Å². The quantitative estimate of drug-likeness (QED) is 0.727. The average Bonchev–Trinajstić information content (AvgIpc) is 2.94. The van der Waals surface area contributed by atoms with Crippen LogP contribution >= 0.6 is 11.8 Å². The Balaban J connectivity index is 2.10. The monoisotopic (exact) mass is 263 g/mol. The summed E-state index contributed by atoms with van der Waals surface area (Å²) in [7, 11) is 3.60. The van der Waals surface area contributed by atoms with Crippen LogP contribution in [-0.4, -0.2) is 31.6 Å². The first-order chi connectivity index (χ1) is 8.70. The van der Waals surface area contributed by atoms with Gasteiger partial charge in [0.25, 0.3) is 0 Å². The van der Waals surface area contributed by atoms with Crippen LogP contribution in [0.25, 0.3) is 0 Å². The highest BCUT2D eigenvalue weighted by atomic mass is 32.2. The van der Waals surface area contributed by atoms with E-state index in [-0.39, 0.29) is 16.8 Å². The Morgan fingerprint density at radius 3 is 3.06 bits per heavy atom. The van der Waals surface area contributed by atoms with E-state index in [0.717, 1.165) is 18.7 Å². The second kappa shape index (κ2) is 4.28. The Kier molecular flexibility index (Phi) is 2.87. The third-order valence-electron chi connectivity index (χ3n) is 4.13. The van der Waals surface area contributed by atoms with E-state index in [1.54, 1.807) is 0 Å². The molecular weight excluding hydrogens is 246 g/mol.